The molecular weight excluding hydrogens is 312 g/mol. The number of fused-ring (bicyclic) bond motifs is 1. The molecule has 1 aromatic rings. The maximum absolute atomic E-state index is 12.6. The zero-order chi connectivity index (χ0) is 17.3. The van der Waals surface area contributed by atoms with Gasteiger partial charge in [-0.25, -0.2) is 0 Å². The topological polar surface area (TPSA) is 49.4 Å². The van der Waals surface area contributed by atoms with Crippen LogP contribution in [0.2, 0.25) is 0 Å². The van der Waals surface area contributed by atoms with Crippen LogP contribution >= 0.6 is 0 Å². The first-order chi connectivity index (χ1) is 12.2. The van der Waals surface area contributed by atoms with Crippen molar-refractivity contribution in [3.63, 3.8) is 0 Å². The van der Waals surface area contributed by atoms with E-state index in [1.165, 1.54) is 0 Å². The molecule has 1 saturated heterocycles. The van der Waals surface area contributed by atoms with E-state index in [0.717, 1.165) is 49.8 Å². The molecule has 0 bridgehead atoms. The third kappa shape index (κ3) is 3.35. The number of carbonyl (C=O) groups is 2. The number of carbonyl (C=O) groups excluding carboxylic acids is 2. The molecule has 3 aliphatic rings. The van der Waals surface area contributed by atoms with Crippen LogP contribution in [0.1, 0.15) is 50.5 Å². The van der Waals surface area contributed by atoms with Gasteiger partial charge in [0.1, 0.15) is 0 Å². The Morgan fingerprint density at radius 2 is 2.00 bits per heavy atom. The molecule has 1 unspecified atom stereocenters. The maximum Gasteiger partial charge on any atom is 0.227 e. The summed E-state index contributed by atoms with van der Waals surface area (Å²) in [5.41, 5.74) is 2.24. The van der Waals surface area contributed by atoms with Gasteiger partial charge < -0.3 is 10.2 Å². The summed E-state index contributed by atoms with van der Waals surface area (Å²) in [6.07, 6.45) is 8.94. The van der Waals surface area contributed by atoms with Crippen LogP contribution in [0.25, 0.3) is 0 Å². The molecule has 25 heavy (non-hydrogen) atoms. The summed E-state index contributed by atoms with van der Waals surface area (Å²) >= 11 is 0. The molecule has 1 atom stereocenters. The second kappa shape index (κ2) is 6.66. The second-order valence-electron chi connectivity index (χ2n) is 7.72. The van der Waals surface area contributed by atoms with Crippen LogP contribution in [0.5, 0.6) is 0 Å². The average molecular weight is 338 g/mol. The molecule has 4 nitrogen and oxygen atoms in total. The number of benzene rings is 1. The number of hydrogen-bond acceptors (Lipinski definition) is 2. The zero-order valence-electron chi connectivity index (χ0n) is 14.7. The standard InChI is InChI=1S/C21H26N2O2/c24-19-11-13-21(15-22-20(25)17-9-10-17)12-5-4-8-18(21)23(19)14-16-6-2-1-3-7-16/h1-3,6-8,17H,4-5,9-15H2,(H,22,25). The molecule has 1 N–H and O–H groups in total. The third-order valence-corrected chi connectivity index (χ3v) is 5.88. The highest BCUT2D eigenvalue weighted by Crippen LogP contribution is 2.46. The van der Waals surface area contributed by atoms with Crippen molar-refractivity contribution in [2.24, 2.45) is 11.3 Å². The van der Waals surface area contributed by atoms with Crippen molar-refractivity contribution >= 4 is 11.8 Å². The van der Waals surface area contributed by atoms with Crippen molar-refractivity contribution in [3.05, 3.63) is 47.7 Å². The summed E-state index contributed by atoms with van der Waals surface area (Å²) in [6, 6.07) is 10.2. The lowest BCUT2D eigenvalue weighted by Gasteiger charge is -2.47. The first-order valence-electron chi connectivity index (χ1n) is 9.51. The fraction of sp³-hybridized carbons (Fsp3) is 0.524. The molecule has 2 aliphatic carbocycles. The van der Waals surface area contributed by atoms with Gasteiger partial charge in [-0.1, -0.05) is 36.4 Å². The number of rotatable bonds is 5. The molecule has 4 heteroatoms. The van der Waals surface area contributed by atoms with Gasteiger partial charge in [-0.3, -0.25) is 9.59 Å². The number of hydrogen-bond donors (Lipinski definition) is 1. The highest BCUT2D eigenvalue weighted by molar-refractivity contribution is 5.82. The lowest BCUT2D eigenvalue weighted by molar-refractivity contribution is -0.134. The van der Waals surface area contributed by atoms with Gasteiger partial charge in [0, 0.05) is 30.0 Å². The maximum atomic E-state index is 12.6. The number of amides is 2. The van der Waals surface area contributed by atoms with E-state index in [-0.39, 0.29) is 23.1 Å². The molecular formula is C21H26N2O2. The smallest absolute Gasteiger partial charge is 0.227 e. The van der Waals surface area contributed by atoms with Crippen molar-refractivity contribution in [1.82, 2.24) is 10.2 Å². The Hall–Kier alpha value is -2.10. The minimum absolute atomic E-state index is 0.0640. The van der Waals surface area contributed by atoms with Gasteiger partial charge in [-0.15, -0.1) is 0 Å². The molecule has 1 saturated carbocycles. The molecule has 1 heterocycles. The number of nitrogens with one attached hydrogen (secondary N) is 1. The van der Waals surface area contributed by atoms with E-state index in [1.54, 1.807) is 0 Å². The quantitative estimate of drug-likeness (QED) is 0.895. The van der Waals surface area contributed by atoms with Crippen molar-refractivity contribution in [2.75, 3.05) is 6.54 Å². The van der Waals surface area contributed by atoms with Crippen molar-refractivity contribution < 1.29 is 9.59 Å². The molecule has 4 rings (SSSR count). The van der Waals surface area contributed by atoms with E-state index >= 15 is 0 Å². The van der Waals surface area contributed by atoms with E-state index in [2.05, 4.69) is 23.5 Å². The molecule has 0 spiro atoms. The van der Waals surface area contributed by atoms with Gasteiger partial charge in [-0.2, -0.15) is 0 Å². The fourth-order valence-electron chi connectivity index (χ4n) is 4.24. The van der Waals surface area contributed by atoms with Gasteiger partial charge in [0.25, 0.3) is 0 Å². The highest BCUT2D eigenvalue weighted by Gasteiger charge is 2.45. The fourth-order valence-corrected chi connectivity index (χ4v) is 4.24. The highest BCUT2D eigenvalue weighted by atomic mass is 16.2. The van der Waals surface area contributed by atoms with Crippen LogP contribution in [0, 0.1) is 11.3 Å². The first kappa shape index (κ1) is 16.4. The summed E-state index contributed by atoms with van der Waals surface area (Å²) in [5, 5.41) is 3.19. The van der Waals surface area contributed by atoms with Gasteiger partial charge in [0.05, 0.1) is 6.54 Å². The predicted molar refractivity (Wildman–Crippen MR) is 96.3 cm³/mol. The van der Waals surface area contributed by atoms with Crippen LogP contribution in [0.15, 0.2) is 42.1 Å². The third-order valence-electron chi connectivity index (χ3n) is 5.88. The SMILES string of the molecule is O=C(NCC12CCCC=C1N(Cc1ccccc1)C(=O)CC2)C1CC1. The van der Waals surface area contributed by atoms with E-state index < -0.39 is 0 Å². The van der Waals surface area contributed by atoms with Gasteiger partial charge in [0.2, 0.25) is 11.8 Å². The van der Waals surface area contributed by atoms with E-state index in [0.29, 0.717) is 19.5 Å². The van der Waals surface area contributed by atoms with Gasteiger partial charge in [0.15, 0.2) is 0 Å². The van der Waals surface area contributed by atoms with Crippen LogP contribution in [-0.2, 0) is 16.1 Å². The minimum atomic E-state index is -0.0640. The second-order valence-corrected chi connectivity index (χ2v) is 7.72. The monoisotopic (exact) mass is 338 g/mol. The molecule has 1 aliphatic heterocycles. The Labute approximate surface area is 149 Å². The molecule has 1 aromatic carbocycles. The molecule has 132 valence electrons. The Bertz CT molecular complexity index is 693. The number of nitrogens with zero attached hydrogens (tertiary/aromatic N) is 1. The molecule has 0 aromatic heterocycles. The Morgan fingerprint density at radius 1 is 1.20 bits per heavy atom. The Balaban J connectivity index is 1.55. The Kier molecular flexibility index (Phi) is 4.36. The predicted octanol–water partition coefficient (Wildman–Crippen LogP) is 3.39. The molecule has 2 fully saturated rings. The zero-order valence-corrected chi connectivity index (χ0v) is 14.7. The average Bonchev–Trinajstić information content (AvgIpc) is 3.49. The van der Waals surface area contributed by atoms with E-state index in [4.69, 9.17) is 0 Å². The van der Waals surface area contributed by atoms with Crippen molar-refractivity contribution in [3.8, 4) is 0 Å². The summed E-state index contributed by atoms with van der Waals surface area (Å²) in [4.78, 5) is 26.8. The van der Waals surface area contributed by atoms with Gasteiger partial charge in [-0.05, 0) is 44.1 Å². The summed E-state index contributed by atoms with van der Waals surface area (Å²) in [5.74, 6) is 0.644. The largest absolute Gasteiger partial charge is 0.355 e. The van der Waals surface area contributed by atoms with Gasteiger partial charge >= 0.3 is 0 Å². The van der Waals surface area contributed by atoms with Crippen molar-refractivity contribution in [1.29, 1.82) is 0 Å². The number of allylic oxidation sites excluding steroid dienone is 1. The lowest BCUT2D eigenvalue weighted by atomic mass is 9.69. The van der Waals surface area contributed by atoms with E-state index in [9.17, 15) is 9.59 Å². The molecule has 2 amide bonds. The normalized spacial score (nSPS) is 26.0. The summed E-state index contributed by atoms with van der Waals surface area (Å²) in [7, 11) is 0. The van der Waals surface area contributed by atoms with Crippen LogP contribution < -0.4 is 5.32 Å². The molecule has 0 radical (unpaired) electrons. The number of likely N-dealkylation sites (tertiary alicyclic amines) is 1. The first-order valence-corrected chi connectivity index (χ1v) is 9.51. The minimum Gasteiger partial charge on any atom is -0.355 e. The lowest BCUT2D eigenvalue weighted by Crippen LogP contribution is -2.50. The van der Waals surface area contributed by atoms with Crippen LogP contribution in [0.4, 0.5) is 0 Å². The van der Waals surface area contributed by atoms with Crippen LogP contribution in [0.3, 0.4) is 0 Å². The summed E-state index contributed by atoms with van der Waals surface area (Å²) < 4.78 is 0. The van der Waals surface area contributed by atoms with Crippen LogP contribution in [-0.4, -0.2) is 23.3 Å². The van der Waals surface area contributed by atoms with Crippen molar-refractivity contribution in [2.45, 2.75) is 51.5 Å². The summed E-state index contributed by atoms with van der Waals surface area (Å²) in [6.45, 7) is 1.30. The number of piperidine rings is 1. The Morgan fingerprint density at radius 3 is 2.76 bits per heavy atom. The van der Waals surface area contributed by atoms with E-state index in [1.807, 2.05) is 23.1 Å².